The molecule has 0 atom stereocenters. The Morgan fingerprint density at radius 2 is 1.84 bits per heavy atom. The van der Waals surface area contributed by atoms with Gasteiger partial charge in [-0.15, -0.1) is 0 Å². The van der Waals surface area contributed by atoms with Crippen molar-refractivity contribution in [3.8, 4) is 0 Å². The third-order valence-electron chi connectivity index (χ3n) is 2.79. The molecule has 0 fully saturated rings. The first kappa shape index (κ1) is 13.0. The minimum atomic E-state index is -0.230. The van der Waals surface area contributed by atoms with Gasteiger partial charge in [-0.1, -0.05) is 0 Å². The van der Waals surface area contributed by atoms with Gasteiger partial charge in [0.1, 0.15) is 5.76 Å². The van der Waals surface area contributed by atoms with E-state index in [1.54, 1.807) is 13.3 Å². The van der Waals surface area contributed by atoms with Gasteiger partial charge in [0.05, 0.1) is 12.8 Å². The van der Waals surface area contributed by atoms with Crippen LogP contribution in [0.25, 0.3) is 0 Å². The van der Waals surface area contributed by atoms with E-state index in [2.05, 4.69) is 16.0 Å². The molecule has 2 aromatic rings. The van der Waals surface area contributed by atoms with Crippen molar-refractivity contribution in [2.24, 2.45) is 0 Å². The maximum absolute atomic E-state index is 11.1. The summed E-state index contributed by atoms with van der Waals surface area (Å²) in [6.07, 6.45) is 1.68. The quantitative estimate of drug-likeness (QED) is 0.790. The highest BCUT2D eigenvalue weighted by Gasteiger charge is 2.02. The highest BCUT2D eigenvalue weighted by Crippen LogP contribution is 2.16. The van der Waals surface area contributed by atoms with Gasteiger partial charge in [0.2, 0.25) is 0 Å². The highest BCUT2D eigenvalue weighted by molar-refractivity contribution is 5.89. The van der Waals surface area contributed by atoms with Gasteiger partial charge in [-0.2, -0.15) is 0 Å². The van der Waals surface area contributed by atoms with Crippen molar-refractivity contribution < 1.29 is 9.21 Å². The molecule has 1 aromatic carbocycles. The normalized spacial score (nSPS) is 10.0. The Morgan fingerprint density at radius 3 is 2.42 bits per heavy atom. The molecule has 100 valence electrons. The minimum Gasteiger partial charge on any atom is -0.467 e. The summed E-state index contributed by atoms with van der Waals surface area (Å²) in [5.41, 5.74) is 2.85. The van der Waals surface area contributed by atoms with E-state index in [4.69, 9.17) is 4.42 Å². The van der Waals surface area contributed by atoms with E-state index in [0.29, 0.717) is 6.54 Å². The number of carbonyl (C=O) groups excluding carboxylic acids is 1. The van der Waals surface area contributed by atoms with Gasteiger partial charge in [0.15, 0.2) is 0 Å². The molecule has 1 heterocycles. The van der Waals surface area contributed by atoms with Gasteiger partial charge in [0, 0.05) is 18.4 Å². The Bertz CT molecular complexity index is 546. The molecule has 0 bridgehead atoms. The number of urea groups is 1. The molecule has 0 aliphatic carbocycles. The van der Waals surface area contributed by atoms with Gasteiger partial charge in [-0.05, 0) is 42.8 Å². The number of carbonyl (C=O) groups is 1. The van der Waals surface area contributed by atoms with E-state index >= 15 is 0 Å². The van der Waals surface area contributed by atoms with Crippen LogP contribution in [0, 0.1) is 6.92 Å². The fraction of sp³-hybridized carbons (Fsp3) is 0.214. The summed E-state index contributed by atoms with van der Waals surface area (Å²) in [4.78, 5) is 11.1. The van der Waals surface area contributed by atoms with Crippen molar-refractivity contribution in [3.63, 3.8) is 0 Å². The van der Waals surface area contributed by atoms with Crippen LogP contribution in [-0.2, 0) is 6.54 Å². The summed E-state index contributed by atoms with van der Waals surface area (Å²) >= 11 is 0. The Balaban J connectivity index is 1.92. The van der Waals surface area contributed by atoms with Crippen LogP contribution in [0.3, 0.4) is 0 Å². The summed E-state index contributed by atoms with van der Waals surface area (Å²) in [5, 5.41) is 8.46. The molecular formula is C14H17N3O2. The zero-order valence-electron chi connectivity index (χ0n) is 11.0. The molecule has 5 nitrogen and oxygen atoms in total. The lowest BCUT2D eigenvalue weighted by atomic mass is 10.2. The third-order valence-corrected chi connectivity index (χ3v) is 2.79. The van der Waals surface area contributed by atoms with Crippen molar-refractivity contribution in [2.45, 2.75) is 13.5 Å². The van der Waals surface area contributed by atoms with Gasteiger partial charge < -0.3 is 20.4 Å². The number of benzene rings is 1. The first-order valence-corrected chi connectivity index (χ1v) is 6.04. The third kappa shape index (κ3) is 3.51. The lowest BCUT2D eigenvalue weighted by Crippen LogP contribution is -2.24. The predicted octanol–water partition coefficient (Wildman–Crippen LogP) is 2.95. The summed E-state index contributed by atoms with van der Waals surface area (Å²) in [5.74, 6) is 0.924. The number of hydrogen-bond donors (Lipinski definition) is 3. The van der Waals surface area contributed by atoms with E-state index in [0.717, 1.165) is 22.7 Å². The molecule has 2 rings (SSSR count). The molecule has 3 N–H and O–H groups in total. The summed E-state index contributed by atoms with van der Waals surface area (Å²) in [7, 11) is 1.58. The molecule has 0 saturated heterocycles. The first-order chi connectivity index (χ1) is 9.19. The van der Waals surface area contributed by atoms with Gasteiger partial charge in [-0.3, -0.25) is 0 Å². The topological polar surface area (TPSA) is 66.3 Å². The molecule has 5 heteroatoms. The monoisotopic (exact) mass is 259 g/mol. The molecule has 0 saturated carbocycles. The summed E-state index contributed by atoms with van der Waals surface area (Å²) in [6, 6.07) is 9.20. The zero-order chi connectivity index (χ0) is 13.7. The van der Waals surface area contributed by atoms with E-state index in [1.165, 1.54) is 0 Å². The van der Waals surface area contributed by atoms with E-state index in [1.807, 2.05) is 37.3 Å². The maximum atomic E-state index is 11.1. The largest absolute Gasteiger partial charge is 0.467 e. The van der Waals surface area contributed by atoms with Crippen LogP contribution in [0.5, 0.6) is 0 Å². The van der Waals surface area contributed by atoms with E-state index in [9.17, 15) is 4.79 Å². The zero-order valence-corrected chi connectivity index (χ0v) is 11.0. The van der Waals surface area contributed by atoms with Crippen molar-refractivity contribution in [2.75, 3.05) is 17.7 Å². The number of rotatable bonds is 4. The lowest BCUT2D eigenvalue weighted by Gasteiger charge is -2.07. The number of amides is 2. The second-order valence-electron chi connectivity index (χ2n) is 4.16. The van der Waals surface area contributed by atoms with Crippen LogP contribution in [0.2, 0.25) is 0 Å². The fourth-order valence-corrected chi connectivity index (χ4v) is 1.63. The number of hydrogen-bond acceptors (Lipinski definition) is 3. The van der Waals surface area contributed by atoms with Gasteiger partial charge in [0.25, 0.3) is 0 Å². The Morgan fingerprint density at radius 1 is 1.16 bits per heavy atom. The minimum absolute atomic E-state index is 0.230. The SMILES string of the molecule is CNC(=O)Nc1ccc(NCc2occc2C)cc1. The molecule has 0 aliphatic rings. The summed E-state index contributed by atoms with van der Waals surface area (Å²) in [6.45, 7) is 2.65. The Hall–Kier alpha value is -2.43. The number of nitrogens with one attached hydrogen (secondary N) is 3. The molecule has 0 radical (unpaired) electrons. The number of aryl methyl sites for hydroxylation is 1. The average molecular weight is 259 g/mol. The van der Waals surface area contributed by atoms with Crippen LogP contribution in [-0.4, -0.2) is 13.1 Å². The summed E-state index contributed by atoms with van der Waals surface area (Å²) < 4.78 is 5.35. The van der Waals surface area contributed by atoms with Crippen LogP contribution in [0.4, 0.5) is 16.2 Å². The molecule has 1 aromatic heterocycles. The molecule has 19 heavy (non-hydrogen) atoms. The highest BCUT2D eigenvalue weighted by atomic mass is 16.3. The van der Waals surface area contributed by atoms with Gasteiger partial charge in [-0.25, -0.2) is 4.79 Å². The van der Waals surface area contributed by atoms with Crippen molar-refractivity contribution >= 4 is 17.4 Å². The lowest BCUT2D eigenvalue weighted by molar-refractivity contribution is 0.254. The van der Waals surface area contributed by atoms with Gasteiger partial charge >= 0.3 is 6.03 Å². The van der Waals surface area contributed by atoms with Crippen LogP contribution in [0.15, 0.2) is 41.0 Å². The van der Waals surface area contributed by atoms with Crippen molar-refractivity contribution in [1.29, 1.82) is 0 Å². The van der Waals surface area contributed by atoms with E-state index < -0.39 is 0 Å². The van der Waals surface area contributed by atoms with Crippen LogP contribution < -0.4 is 16.0 Å². The van der Waals surface area contributed by atoms with E-state index in [-0.39, 0.29) is 6.03 Å². The van der Waals surface area contributed by atoms with Crippen molar-refractivity contribution in [1.82, 2.24) is 5.32 Å². The Kier molecular flexibility index (Phi) is 4.07. The molecule has 0 spiro atoms. The smallest absolute Gasteiger partial charge is 0.318 e. The van der Waals surface area contributed by atoms with Crippen molar-refractivity contribution in [3.05, 3.63) is 47.9 Å². The number of anilines is 2. The van der Waals surface area contributed by atoms with Crippen LogP contribution >= 0.6 is 0 Å². The maximum Gasteiger partial charge on any atom is 0.318 e. The molecule has 0 aliphatic heterocycles. The molecule has 0 unspecified atom stereocenters. The first-order valence-electron chi connectivity index (χ1n) is 6.04. The Labute approximate surface area is 112 Å². The average Bonchev–Trinajstić information content (AvgIpc) is 2.83. The fourth-order valence-electron chi connectivity index (χ4n) is 1.63. The second kappa shape index (κ2) is 5.95. The standard InChI is InChI=1S/C14H17N3O2/c1-10-7-8-19-13(10)9-16-11-3-5-12(6-4-11)17-14(18)15-2/h3-8,16H,9H2,1-2H3,(H2,15,17,18). The predicted molar refractivity (Wildman–Crippen MR) is 75.3 cm³/mol. The van der Waals surface area contributed by atoms with Crippen LogP contribution in [0.1, 0.15) is 11.3 Å². The second-order valence-corrected chi connectivity index (χ2v) is 4.16. The molecule has 2 amide bonds. The number of furan rings is 1. The molecular weight excluding hydrogens is 242 g/mol.